The first-order valence-electron chi connectivity index (χ1n) is 7.91. The summed E-state index contributed by atoms with van der Waals surface area (Å²) in [5.41, 5.74) is 1.98. The lowest BCUT2D eigenvalue weighted by molar-refractivity contribution is -0.126. The average molecular weight is 326 g/mol. The van der Waals surface area contributed by atoms with Crippen LogP contribution in [0.4, 0.5) is 0 Å². The molecule has 1 aromatic carbocycles. The van der Waals surface area contributed by atoms with Gasteiger partial charge in [0.1, 0.15) is 6.04 Å². The predicted octanol–water partition coefficient (Wildman–Crippen LogP) is 1.59. The molecule has 0 aliphatic heterocycles. The fourth-order valence-electron chi connectivity index (χ4n) is 2.15. The number of carbonyl (C=O) groups is 2. The van der Waals surface area contributed by atoms with Gasteiger partial charge in [0.15, 0.2) is 0 Å². The molecule has 1 aromatic heterocycles. The Morgan fingerprint density at radius 1 is 1.29 bits per heavy atom. The van der Waals surface area contributed by atoms with Crippen molar-refractivity contribution in [3.63, 3.8) is 0 Å². The summed E-state index contributed by atoms with van der Waals surface area (Å²) in [6, 6.07) is 9.45. The van der Waals surface area contributed by atoms with Gasteiger partial charge in [-0.3, -0.25) is 14.3 Å². The molecule has 2 N–H and O–H groups in total. The molecule has 0 spiro atoms. The van der Waals surface area contributed by atoms with Gasteiger partial charge in [0.25, 0.3) is 0 Å². The summed E-state index contributed by atoms with van der Waals surface area (Å²) in [6.45, 7) is 4.69. The first-order chi connectivity index (χ1) is 11.6. The molecule has 0 unspecified atom stereocenters. The fourth-order valence-corrected chi connectivity index (χ4v) is 2.15. The molecule has 0 aliphatic rings. The van der Waals surface area contributed by atoms with Gasteiger partial charge in [-0.25, -0.2) is 0 Å². The first kappa shape index (κ1) is 17.5. The number of hydrogen-bond donors (Lipinski definition) is 2. The van der Waals surface area contributed by atoms with Crippen LogP contribution < -0.4 is 10.6 Å². The number of likely N-dealkylation sites (N-methyl/N-ethyl adjacent to an activating group) is 1. The van der Waals surface area contributed by atoms with E-state index < -0.39 is 6.04 Å². The van der Waals surface area contributed by atoms with Crippen molar-refractivity contribution in [3.05, 3.63) is 59.9 Å². The van der Waals surface area contributed by atoms with Crippen LogP contribution in [-0.2, 0) is 16.1 Å². The molecule has 2 aromatic rings. The minimum absolute atomic E-state index is 0.199. The van der Waals surface area contributed by atoms with Crippen LogP contribution in [0.5, 0.6) is 0 Å². The molecule has 6 heteroatoms. The molecule has 6 nitrogen and oxygen atoms in total. The lowest BCUT2D eigenvalue weighted by atomic mass is 10.2. The second-order valence-corrected chi connectivity index (χ2v) is 5.42. The van der Waals surface area contributed by atoms with Crippen molar-refractivity contribution >= 4 is 17.9 Å². The van der Waals surface area contributed by atoms with E-state index in [4.69, 9.17) is 0 Å². The van der Waals surface area contributed by atoms with Gasteiger partial charge in [0, 0.05) is 24.4 Å². The van der Waals surface area contributed by atoms with Crippen molar-refractivity contribution < 1.29 is 9.59 Å². The zero-order valence-corrected chi connectivity index (χ0v) is 13.9. The van der Waals surface area contributed by atoms with Crippen LogP contribution in [0.1, 0.15) is 25.0 Å². The number of amides is 2. The van der Waals surface area contributed by atoms with Crippen molar-refractivity contribution in [1.82, 2.24) is 20.4 Å². The number of nitrogens with zero attached hydrogens (tertiary/aromatic N) is 2. The Labute approximate surface area is 141 Å². The molecular formula is C18H22N4O2. The van der Waals surface area contributed by atoms with E-state index in [-0.39, 0.29) is 11.8 Å². The molecule has 126 valence electrons. The third kappa shape index (κ3) is 5.39. The molecule has 2 amide bonds. The zero-order valence-electron chi connectivity index (χ0n) is 13.9. The summed E-state index contributed by atoms with van der Waals surface area (Å²) in [5, 5.41) is 9.55. The van der Waals surface area contributed by atoms with Crippen LogP contribution in [0.15, 0.2) is 48.8 Å². The van der Waals surface area contributed by atoms with Gasteiger partial charge in [-0.2, -0.15) is 5.10 Å². The van der Waals surface area contributed by atoms with Crippen LogP contribution in [0, 0.1) is 0 Å². The van der Waals surface area contributed by atoms with Gasteiger partial charge in [-0.1, -0.05) is 30.3 Å². The third-order valence-corrected chi connectivity index (χ3v) is 3.37. The van der Waals surface area contributed by atoms with Crippen LogP contribution in [0.25, 0.3) is 6.08 Å². The molecule has 0 saturated heterocycles. The largest absolute Gasteiger partial charge is 0.355 e. The molecule has 24 heavy (non-hydrogen) atoms. The minimum Gasteiger partial charge on any atom is -0.355 e. The van der Waals surface area contributed by atoms with Gasteiger partial charge in [0.05, 0.1) is 12.7 Å². The highest BCUT2D eigenvalue weighted by Gasteiger charge is 2.12. The number of nitrogens with one attached hydrogen (secondary N) is 2. The van der Waals surface area contributed by atoms with Gasteiger partial charge >= 0.3 is 0 Å². The summed E-state index contributed by atoms with van der Waals surface area (Å²) in [5.74, 6) is -0.514. The van der Waals surface area contributed by atoms with Gasteiger partial charge < -0.3 is 10.6 Å². The normalized spacial score (nSPS) is 12.1. The molecule has 2 rings (SSSR count). The molecule has 1 atom stereocenters. The van der Waals surface area contributed by atoms with Crippen molar-refractivity contribution in [2.24, 2.45) is 0 Å². The SMILES string of the molecule is CCNC(=O)[C@@H](C)NC(=O)/C=C/c1cnn(Cc2ccccc2)c1. The van der Waals surface area contributed by atoms with Crippen molar-refractivity contribution in [3.8, 4) is 0 Å². The monoisotopic (exact) mass is 326 g/mol. The van der Waals surface area contributed by atoms with Crippen LogP contribution >= 0.6 is 0 Å². The van der Waals surface area contributed by atoms with E-state index in [0.717, 1.165) is 11.1 Å². The number of aromatic nitrogens is 2. The second kappa shape index (κ2) is 8.67. The maximum absolute atomic E-state index is 11.8. The van der Waals surface area contributed by atoms with Crippen molar-refractivity contribution in [1.29, 1.82) is 0 Å². The van der Waals surface area contributed by atoms with E-state index in [1.165, 1.54) is 6.08 Å². The maximum atomic E-state index is 11.8. The molecule has 0 saturated carbocycles. The van der Waals surface area contributed by atoms with E-state index in [2.05, 4.69) is 15.7 Å². The minimum atomic E-state index is -0.567. The van der Waals surface area contributed by atoms with Gasteiger partial charge in [-0.05, 0) is 25.5 Å². The van der Waals surface area contributed by atoms with E-state index in [0.29, 0.717) is 13.1 Å². The van der Waals surface area contributed by atoms with Crippen molar-refractivity contribution in [2.45, 2.75) is 26.4 Å². The van der Waals surface area contributed by atoms with E-state index in [1.807, 2.05) is 48.1 Å². The Morgan fingerprint density at radius 3 is 2.75 bits per heavy atom. The highest BCUT2D eigenvalue weighted by molar-refractivity contribution is 5.95. The Hall–Kier alpha value is -2.89. The molecule has 1 heterocycles. The molecule has 0 fully saturated rings. The first-order valence-corrected chi connectivity index (χ1v) is 7.91. The van der Waals surface area contributed by atoms with Gasteiger partial charge in [-0.15, -0.1) is 0 Å². The highest BCUT2D eigenvalue weighted by atomic mass is 16.2. The van der Waals surface area contributed by atoms with Crippen molar-refractivity contribution in [2.75, 3.05) is 6.54 Å². The lowest BCUT2D eigenvalue weighted by Crippen LogP contribution is -2.44. The number of hydrogen-bond acceptors (Lipinski definition) is 3. The smallest absolute Gasteiger partial charge is 0.244 e. The Morgan fingerprint density at radius 2 is 2.04 bits per heavy atom. The van der Waals surface area contributed by atoms with E-state index in [9.17, 15) is 9.59 Å². The van der Waals surface area contributed by atoms with E-state index >= 15 is 0 Å². The third-order valence-electron chi connectivity index (χ3n) is 3.37. The van der Waals surface area contributed by atoms with Crippen LogP contribution in [0.3, 0.4) is 0 Å². The molecule has 0 bridgehead atoms. The summed E-state index contributed by atoms with van der Waals surface area (Å²) >= 11 is 0. The van der Waals surface area contributed by atoms with Crippen LogP contribution in [-0.4, -0.2) is 34.2 Å². The Kier molecular flexibility index (Phi) is 6.31. The molecular weight excluding hydrogens is 304 g/mol. The summed E-state index contributed by atoms with van der Waals surface area (Å²) < 4.78 is 1.81. The fraction of sp³-hybridized carbons (Fsp3) is 0.278. The van der Waals surface area contributed by atoms with E-state index in [1.54, 1.807) is 19.2 Å². The Bertz CT molecular complexity index is 707. The average Bonchev–Trinajstić information content (AvgIpc) is 3.01. The number of rotatable bonds is 7. The summed E-state index contributed by atoms with van der Waals surface area (Å²) in [4.78, 5) is 23.4. The number of benzene rings is 1. The quantitative estimate of drug-likeness (QED) is 0.759. The second-order valence-electron chi connectivity index (χ2n) is 5.42. The summed E-state index contributed by atoms with van der Waals surface area (Å²) in [7, 11) is 0. The standard InChI is InChI=1S/C18H22N4O2/c1-3-19-18(24)14(2)21-17(23)10-9-16-11-20-22(13-16)12-15-7-5-4-6-8-15/h4-11,13-14H,3,12H2,1-2H3,(H,19,24)(H,21,23)/b10-9+/t14-/m1/s1. The topological polar surface area (TPSA) is 76.0 Å². The molecule has 0 aliphatic carbocycles. The predicted molar refractivity (Wildman–Crippen MR) is 93.1 cm³/mol. The Balaban J connectivity index is 1.88. The van der Waals surface area contributed by atoms with Gasteiger partial charge in [0.2, 0.25) is 11.8 Å². The zero-order chi connectivity index (χ0) is 17.4. The maximum Gasteiger partial charge on any atom is 0.244 e. The molecule has 0 radical (unpaired) electrons. The number of carbonyl (C=O) groups excluding carboxylic acids is 2. The lowest BCUT2D eigenvalue weighted by Gasteiger charge is -2.11. The highest BCUT2D eigenvalue weighted by Crippen LogP contribution is 2.05. The summed E-state index contributed by atoms with van der Waals surface area (Å²) in [6.07, 6.45) is 6.64. The van der Waals surface area contributed by atoms with Crippen LogP contribution in [0.2, 0.25) is 0 Å².